The molecule has 0 unspecified atom stereocenters. The van der Waals surface area contributed by atoms with Gasteiger partial charge in [0.15, 0.2) is 5.54 Å². The molecule has 3 rings (SSSR count). The van der Waals surface area contributed by atoms with Gasteiger partial charge < -0.3 is 19.9 Å². The van der Waals surface area contributed by atoms with E-state index in [-0.39, 0.29) is 19.1 Å². The Kier molecular flexibility index (Phi) is 6.70. The summed E-state index contributed by atoms with van der Waals surface area (Å²) in [6, 6.07) is 15.2. The SMILES string of the molecule is CNC(=O)[C@@]1(Cc2ccc(Br)cc2)COC(c2ccc(OCCCO)cc2)=N1. The molecule has 0 aliphatic carbocycles. The fourth-order valence-electron chi connectivity index (χ4n) is 3.00. The van der Waals surface area contributed by atoms with Gasteiger partial charge in [0.25, 0.3) is 5.91 Å². The number of ether oxygens (including phenoxy) is 2. The minimum absolute atomic E-state index is 0.0999. The van der Waals surface area contributed by atoms with Crippen LogP contribution in [0.4, 0.5) is 0 Å². The van der Waals surface area contributed by atoms with E-state index in [9.17, 15) is 4.79 Å². The van der Waals surface area contributed by atoms with Crippen LogP contribution in [0.15, 0.2) is 58.0 Å². The maximum atomic E-state index is 12.6. The largest absolute Gasteiger partial charge is 0.494 e. The summed E-state index contributed by atoms with van der Waals surface area (Å²) in [6.45, 7) is 0.746. The number of aliphatic hydroxyl groups excluding tert-OH is 1. The second kappa shape index (κ2) is 9.21. The molecule has 2 aromatic carbocycles. The molecule has 7 heteroatoms. The van der Waals surface area contributed by atoms with E-state index in [1.54, 1.807) is 7.05 Å². The average Bonchev–Trinajstić information content (AvgIpc) is 3.15. The number of hydrogen-bond donors (Lipinski definition) is 2. The normalized spacial score (nSPS) is 18.3. The van der Waals surface area contributed by atoms with Crippen LogP contribution in [-0.4, -0.2) is 49.3 Å². The Hall–Kier alpha value is -2.38. The van der Waals surface area contributed by atoms with Crippen LogP contribution >= 0.6 is 15.9 Å². The summed E-state index contributed by atoms with van der Waals surface area (Å²) >= 11 is 3.43. The number of benzene rings is 2. The highest BCUT2D eigenvalue weighted by molar-refractivity contribution is 9.10. The highest BCUT2D eigenvalue weighted by atomic mass is 79.9. The number of amides is 1. The molecule has 0 aromatic heterocycles. The zero-order chi connectivity index (χ0) is 20.0. The van der Waals surface area contributed by atoms with Crippen LogP contribution in [0.1, 0.15) is 17.5 Å². The van der Waals surface area contributed by atoms with Crippen molar-refractivity contribution < 1.29 is 19.4 Å². The topological polar surface area (TPSA) is 80.2 Å². The molecule has 1 amide bonds. The lowest BCUT2D eigenvalue weighted by Gasteiger charge is -2.22. The molecule has 0 saturated heterocycles. The van der Waals surface area contributed by atoms with Gasteiger partial charge in [-0.15, -0.1) is 0 Å². The highest BCUT2D eigenvalue weighted by Gasteiger charge is 2.44. The van der Waals surface area contributed by atoms with E-state index in [0.29, 0.717) is 31.1 Å². The van der Waals surface area contributed by atoms with Gasteiger partial charge in [-0.05, 0) is 42.0 Å². The van der Waals surface area contributed by atoms with Crippen molar-refractivity contribution in [3.8, 4) is 5.75 Å². The molecule has 0 radical (unpaired) electrons. The number of rotatable bonds is 8. The van der Waals surface area contributed by atoms with E-state index in [1.807, 2.05) is 48.5 Å². The molecule has 2 N–H and O–H groups in total. The molecule has 1 aliphatic rings. The third-order valence-corrected chi connectivity index (χ3v) is 5.02. The van der Waals surface area contributed by atoms with Crippen molar-refractivity contribution in [2.24, 2.45) is 4.99 Å². The first-order chi connectivity index (χ1) is 13.6. The van der Waals surface area contributed by atoms with Crippen molar-refractivity contribution in [2.45, 2.75) is 18.4 Å². The number of hydrogen-bond acceptors (Lipinski definition) is 5. The fraction of sp³-hybridized carbons (Fsp3) is 0.333. The summed E-state index contributed by atoms with van der Waals surface area (Å²) in [6.07, 6.45) is 1.04. The number of nitrogens with one attached hydrogen (secondary N) is 1. The van der Waals surface area contributed by atoms with Gasteiger partial charge in [0.2, 0.25) is 5.90 Å². The lowest BCUT2D eigenvalue weighted by atomic mass is 9.91. The Balaban J connectivity index is 1.80. The first kappa shape index (κ1) is 20.4. The van der Waals surface area contributed by atoms with Crippen LogP contribution in [0.25, 0.3) is 0 Å². The van der Waals surface area contributed by atoms with Gasteiger partial charge in [-0.2, -0.15) is 0 Å². The number of carbonyl (C=O) groups is 1. The van der Waals surface area contributed by atoms with Crippen molar-refractivity contribution in [1.82, 2.24) is 5.32 Å². The smallest absolute Gasteiger partial charge is 0.251 e. The summed E-state index contributed by atoms with van der Waals surface area (Å²) in [7, 11) is 1.61. The summed E-state index contributed by atoms with van der Waals surface area (Å²) in [5.41, 5.74) is 0.804. The van der Waals surface area contributed by atoms with Gasteiger partial charge in [-0.3, -0.25) is 4.79 Å². The van der Waals surface area contributed by atoms with E-state index in [0.717, 1.165) is 15.6 Å². The summed E-state index contributed by atoms with van der Waals surface area (Å²) in [4.78, 5) is 17.3. The number of aliphatic imine (C=N–C) groups is 1. The fourth-order valence-corrected chi connectivity index (χ4v) is 3.27. The second-order valence-electron chi connectivity index (χ2n) is 6.57. The van der Waals surface area contributed by atoms with Crippen LogP contribution in [0, 0.1) is 0 Å². The van der Waals surface area contributed by atoms with Gasteiger partial charge >= 0.3 is 0 Å². The molecule has 6 nitrogen and oxygen atoms in total. The van der Waals surface area contributed by atoms with Gasteiger partial charge in [-0.1, -0.05) is 28.1 Å². The Morgan fingerprint density at radius 2 is 1.96 bits per heavy atom. The van der Waals surface area contributed by atoms with Gasteiger partial charge in [-0.25, -0.2) is 4.99 Å². The molecule has 148 valence electrons. The minimum Gasteiger partial charge on any atom is -0.494 e. The third kappa shape index (κ3) is 4.72. The van der Waals surface area contributed by atoms with Crippen molar-refractivity contribution in [3.63, 3.8) is 0 Å². The van der Waals surface area contributed by atoms with E-state index in [1.165, 1.54) is 0 Å². The number of likely N-dealkylation sites (N-methyl/N-ethyl adjacent to an activating group) is 1. The van der Waals surface area contributed by atoms with Crippen LogP contribution in [-0.2, 0) is 16.0 Å². The molecule has 0 spiro atoms. The predicted octanol–water partition coefficient (Wildman–Crippen LogP) is 2.71. The molecule has 0 bridgehead atoms. The molecular formula is C21H23BrN2O4. The van der Waals surface area contributed by atoms with E-state index < -0.39 is 5.54 Å². The van der Waals surface area contributed by atoms with Crippen LogP contribution in [0.3, 0.4) is 0 Å². The molecule has 2 aromatic rings. The average molecular weight is 447 g/mol. The summed E-state index contributed by atoms with van der Waals surface area (Å²) in [5.74, 6) is 0.986. The monoisotopic (exact) mass is 446 g/mol. The van der Waals surface area contributed by atoms with Crippen molar-refractivity contribution in [3.05, 3.63) is 64.1 Å². The Labute approximate surface area is 172 Å². The second-order valence-corrected chi connectivity index (χ2v) is 7.49. The molecule has 0 fully saturated rings. The zero-order valence-electron chi connectivity index (χ0n) is 15.7. The zero-order valence-corrected chi connectivity index (χ0v) is 17.2. The van der Waals surface area contributed by atoms with Crippen molar-refractivity contribution in [2.75, 3.05) is 26.9 Å². The molecule has 1 atom stereocenters. The van der Waals surface area contributed by atoms with E-state index >= 15 is 0 Å². The maximum absolute atomic E-state index is 12.6. The number of halogens is 1. The van der Waals surface area contributed by atoms with Crippen LogP contribution in [0.2, 0.25) is 0 Å². The molecule has 28 heavy (non-hydrogen) atoms. The standard InChI is InChI=1S/C21H23BrN2O4/c1-23-20(26)21(13-15-3-7-17(22)8-4-15)14-28-19(24-21)16-5-9-18(10-6-16)27-12-2-11-25/h3-10,25H,2,11-14H2,1H3,(H,23,26)/t21-/m1/s1. The number of nitrogens with zero attached hydrogens (tertiary/aromatic N) is 1. The Bertz CT molecular complexity index is 836. The number of carbonyl (C=O) groups excluding carboxylic acids is 1. The van der Waals surface area contributed by atoms with Crippen molar-refractivity contribution >= 4 is 27.7 Å². The predicted molar refractivity (Wildman–Crippen MR) is 111 cm³/mol. The molecule has 0 saturated carbocycles. The number of aliphatic hydroxyl groups is 1. The lowest BCUT2D eigenvalue weighted by molar-refractivity contribution is -0.126. The van der Waals surface area contributed by atoms with Gasteiger partial charge in [0.05, 0.1) is 6.61 Å². The van der Waals surface area contributed by atoms with Gasteiger partial charge in [0, 0.05) is 36.5 Å². The summed E-state index contributed by atoms with van der Waals surface area (Å²) < 4.78 is 12.3. The van der Waals surface area contributed by atoms with Gasteiger partial charge in [0.1, 0.15) is 12.4 Å². The lowest BCUT2D eigenvalue weighted by Crippen LogP contribution is -2.47. The molecule has 1 heterocycles. The van der Waals surface area contributed by atoms with E-state index in [2.05, 4.69) is 26.2 Å². The minimum atomic E-state index is -0.992. The Morgan fingerprint density at radius 1 is 1.25 bits per heavy atom. The quantitative estimate of drug-likeness (QED) is 0.610. The summed E-state index contributed by atoms with van der Waals surface area (Å²) in [5, 5.41) is 11.5. The van der Waals surface area contributed by atoms with Crippen molar-refractivity contribution in [1.29, 1.82) is 0 Å². The molecule has 1 aliphatic heterocycles. The first-order valence-corrected chi connectivity index (χ1v) is 9.89. The highest BCUT2D eigenvalue weighted by Crippen LogP contribution is 2.28. The first-order valence-electron chi connectivity index (χ1n) is 9.10. The maximum Gasteiger partial charge on any atom is 0.251 e. The third-order valence-electron chi connectivity index (χ3n) is 4.50. The van der Waals surface area contributed by atoms with Crippen LogP contribution < -0.4 is 10.1 Å². The molecular weight excluding hydrogens is 424 g/mol. The Morgan fingerprint density at radius 3 is 2.61 bits per heavy atom. The van der Waals surface area contributed by atoms with E-state index in [4.69, 9.17) is 14.6 Å². The van der Waals surface area contributed by atoms with Crippen LogP contribution in [0.5, 0.6) is 5.75 Å².